The summed E-state index contributed by atoms with van der Waals surface area (Å²) in [6, 6.07) is 8.44. The van der Waals surface area contributed by atoms with Crippen LogP contribution in [0.4, 0.5) is 0 Å². The number of benzene rings is 1. The largest absolute Gasteiger partial charge is 0.388 e. The summed E-state index contributed by atoms with van der Waals surface area (Å²) in [7, 11) is 1.86. The molecule has 0 saturated carbocycles. The molecule has 0 radical (unpaired) electrons. The molecule has 0 fully saturated rings. The van der Waals surface area contributed by atoms with Gasteiger partial charge < -0.3 is 9.67 Å². The average molecular weight is 280 g/mol. The second kappa shape index (κ2) is 4.56. The van der Waals surface area contributed by atoms with E-state index in [-0.39, 0.29) is 6.04 Å². The van der Waals surface area contributed by atoms with Crippen molar-refractivity contribution in [3.63, 3.8) is 0 Å². The lowest BCUT2D eigenvalue weighted by Crippen LogP contribution is -2.10. The molecule has 21 heavy (non-hydrogen) atoms. The third-order valence-corrected chi connectivity index (χ3v) is 4.15. The van der Waals surface area contributed by atoms with Gasteiger partial charge in [-0.1, -0.05) is 24.3 Å². The molecule has 2 aromatic heterocycles. The number of aromatic nitrogens is 4. The number of hydrogen-bond donors (Lipinski definition) is 1. The van der Waals surface area contributed by atoms with Crippen molar-refractivity contribution in [3.8, 4) is 11.3 Å². The average Bonchev–Trinajstić information content (AvgIpc) is 3.17. The summed E-state index contributed by atoms with van der Waals surface area (Å²) >= 11 is 0. The highest BCUT2D eigenvalue weighted by Gasteiger charge is 2.30. The van der Waals surface area contributed by atoms with Crippen LogP contribution in [0.5, 0.6) is 0 Å². The molecule has 0 aliphatic carbocycles. The zero-order chi connectivity index (χ0) is 14.4. The molecule has 0 amide bonds. The molecular weight excluding hydrogens is 264 g/mol. The van der Waals surface area contributed by atoms with Crippen molar-refractivity contribution in [2.24, 2.45) is 7.05 Å². The van der Waals surface area contributed by atoms with Gasteiger partial charge in [0.25, 0.3) is 0 Å². The quantitative estimate of drug-likeness (QED) is 0.801. The standard InChI is InChI=1S/C16H16N4O/c1-19-9-11(7-18-19)16(21)6-14-12-4-2-3-5-13(12)15-8-17-10-20(14)15/h2-5,7-10,14,16,21H,6H2,1H3. The van der Waals surface area contributed by atoms with Crippen LogP contribution in [0.2, 0.25) is 0 Å². The van der Waals surface area contributed by atoms with E-state index in [9.17, 15) is 5.11 Å². The maximum atomic E-state index is 10.5. The molecule has 1 aliphatic rings. The van der Waals surface area contributed by atoms with E-state index in [1.165, 1.54) is 11.1 Å². The highest BCUT2D eigenvalue weighted by molar-refractivity contribution is 5.68. The molecule has 0 bridgehead atoms. The van der Waals surface area contributed by atoms with Gasteiger partial charge in [-0.3, -0.25) is 4.68 Å². The summed E-state index contributed by atoms with van der Waals surface area (Å²) in [4.78, 5) is 4.24. The fourth-order valence-electron chi connectivity index (χ4n) is 3.13. The van der Waals surface area contributed by atoms with E-state index >= 15 is 0 Å². The van der Waals surface area contributed by atoms with E-state index < -0.39 is 6.10 Å². The normalized spacial score (nSPS) is 17.5. The predicted molar refractivity (Wildman–Crippen MR) is 78.6 cm³/mol. The Labute approximate surface area is 122 Å². The van der Waals surface area contributed by atoms with Gasteiger partial charge in [0.2, 0.25) is 0 Å². The lowest BCUT2D eigenvalue weighted by molar-refractivity contribution is 0.153. The minimum Gasteiger partial charge on any atom is -0.388 e. The van der Waals surface area contributed by atoms with Crippen molar-refractivity contribution in [2.45, 2.75) is 18.6 Å². The smallest absolute Gasteiger partial charge is 0.0956 e. The predicted octanol–water partition coefficient (Wildman–Crippen LogP) is 2.31. The van der Waals surface area contributed by atoms with Crippen molar-refractivity contribution in [3.05, 3.63) is 60.3 Å². The van der Waals surface area contributed by atoms with Crippen molar-refractivity contribution >= 4 is 0 Å². The highest BCUT2D eigenvalue weighted by Crippen LogP contribution is 2.42. The first kappa shape index (κ1) is 12.3. The molecule has 1 aromatic carbocycles. The summed E-state index contributed by atoms with van der Waals surface area (Å²) in [6.07, 6.45) is 7.39. The second-order valence-electron chi connectivity index (χ2n) is 5.49. The van der Waals surface area contributed by atoms with Gasteiger partial charge in [-0.25, -0.2) is 4.98 Å². The maximum Gasteiger partial charge on any atom is 0.0956 e. The van der Waals surface area contributed by atoms with Crippen LogP contribution in [0.1, 0.15) is 29.7 Å². The van der Waals surface area contributed by atoms with E-state index in [2.05, 4.69) is 26.8 Å². The SMILES string of the molecule is Cn1cc(C(O)CC2c3ccccc3-c3cncn32)cn1. The van der Waals surface area contributed by atoms with Crippen LogP contribution < -0.4 is 0 Å². The fourth-order valence-corrected chi connectivity index (χ4v) is 3.13. The second-order valence-corrected chi connectivity index (χ2v) is 5.49. The zero-order valence-electron chi connectivity index (χ0n) is 11.7. The molecule has 3 heterocycles. The Morgan fingerprint density at radius 2 is 2.14 bits per heavy atom. The Balaban J connectivity index is 1.69. The molecule has 2 unspecified atom stereocenters. The van der Waals surface area contributed by atoms with Crippen LogP contribution >= 0.6 is 0 Å². The van der Waals surface area contributed by atoms with Crippen LogP contribution in [0.15, 0.2) is 49.2 Å². The van der Waals surface area contributed by atoms with E-state index in [0.717, 1.165) is 11.3 Å². The number of aliphatic hydroxyl groups is 1. The number of rotatable bonds is 3. The van der Waals surface area contributed by atoms with Crippen LogP contribution in [-0.4, -0.2) is 24.4 Å². The lowest BCUT2D eigenvalue weighted by Gasteiger charge is -2.18. The first-order valence-electron chi connectivity index (χ1n) is 7.02. The minimum absolute atomic E-state index is 0.119. The van der Waals surface area contributed by atoms with E-state index in [4.69, 9.17) is 0 Å². The van der Waals surface area contributed by atoms with Crippen LogP contribution in [0.3, 0.4) is 0 Å². The third-order valence-electron chi connectivity index (χ3n) is 4.15. The lowest BCUT2D eigenvalue weighted by atomic mass is 9.97. The Morgan fingerprint density at radius 1 is 1.29 bits per heavy atom. The molecule has 106 valence electrons. The number of imidazole rings is 1. The Morgan fingerprint density at radius 3 is 2.95 bits per heavy atom. The molecule has 5 nitrogen and oxygen atoms in total. The van der Waals surface area contributed by atoms with Crippen LogP contribution in [0, 0.1) is 0 Å². The minimum atomic E-state index is -0.537. The van der Waals surface area contributed by atoms with Gasteiger partial charge in [0.15, 0.2) is 0 Å². The van der Waals surface area contributed by atoms with Gasteiger partial charge in [0.05, 0.1) is 36.6 Å². The summed E-state index contributed by atoms with van der Waals surface area (Å²) in [5.74, 6) is 0. The molecule has 5 heteroatoms. The van der Waals surface area contributed by atoms with Gasteiger partial charge >= 0.3 is 0 Å². The first-order chi connectivity index (χ1) is 10.2. The van der Waals surface area contributed by atoms with Gasteiger partial charge in [0.1, 0.15) is 0 Å². The maximum absolute atomic E-state index is 10.5. The number of nitrogens with zero attached hydrogens (tertiary/aromatic N) is 4. The number of aliphatic hydroxyl groups excluding tert-OH is 1. The fraction of sp³-hybridized carbons (Fsp3) is 0.250. The number of aryl methyl sites for hydroxylation is 1. The van der Waals surface area contributed by atoms with Crippen molar-refractivity contribution in [2.75, 3.05) is 0 Å². The van der Waals surface area contributed by atoms with Crippen molar-refractivity contribution < 1.29 is 5.11 Å². The van der Waals surface area contributed by atoms with E-state index in [1.54, 1.807) is 10.9 Å². The highest BCUT2D eigenvalue weighted by atomic mass is 16.3. The molecule has 4 rings (SSSR count). The van der Waals surface area contributed by atoms with Gasteiger partial charge in [0, 0.05) is 30.8 Å². The number of hydrogen-bond acceptors (Lipinski definition) is 3. The summed E-state index contributed by atoms with van der Waals surface area (Å²) < 4.78 is 3.86. The first-order valence-corrected chi connectivity index (χ1v) is 7.02. The van der Waals surface area contributed by atoms with Crippen molar-refractivity contribution in [1.29, 1.82) is 0 Å². The third kappa shape index (κ3) is 1.89. The molecule has 0 spiro atoms. The topological polar surface area (TPSA) is 55.9 Å². The Hall–Kier alpha value is -2.40. The van der Waals surface area contributed by atoms with Crippen LogP contribution in [-0.2, 0) is 7.05 Å². The molecular formula is C16H16N4O. The van der Waals surface area contributed by atoms with Crippen molar-refractivity contribution in [1.82, 2.24) is 19.3 Å². The molecule has 0 saturated heterocycles. The van der Waals surface area contributed by atoms with Crippen LogP contribution in [0.25, 0.3) is 11.3 Å². The monoisotopic (exact) mass is 280 g/mol. The van der Waals surface area contributed by atoms with E-state index in [1.807, 2.05) is 37.9 Å². The zero-order valence-corrected chi connectivity index (χ0v) is 11.7. The molecule has 1 aliphatic heterocycles. The molecule has 1 N–H and O–H groups in total. The Kier molecular flexibility index (Phi) is 2.68. The molecule has 3 aromatic rings. The summed E-state index contributed by atoms with van der Waals surface area (Å²) in [5, 5.41) is 14.6. The van der Waals surface area contributed by atoms with Gasteiger partial charge in [-0.05, 0) is 5.56 Å². The summed E-state index contributed by atoms with van der Waals surface area (Å²) in [6.45, 7) is 0. The Bertz CT molecular complexity index is 789. The van der Waals surface area contributed by atoms with Gasteiger partial charge in [-0.2, -0.15) is 5.10 Å². The summed E-state index contributed by atoms with van der Waals surface area (Å²) in [5.41, 5.74) is 4.42. The number of fused-ring (bicyclic) bond motifs is 3. The van der Waals surface area contributed by atoms with Gasteiger partial charge in [-0.15, -0.1) is 0 Å². The van der Waals surface area contributed by atoms with E-state index in [0.29, 0.717) is 6.42 Å². The molecule has 2 atom stereocenters.